The van der Waals surface area contributed by atoms with Crippen molar-refractivity contribution in [2.24, 2.45) is 0 Å². The second-order valence-corrected chi connectivity index (χ2v) is 6.14. The largest absolute Gasteiger partial charge is 0.361 e. The summed E-state index contributed by atoms with van der Waals surface area (Å²) in [6, 6.07) is 15.7. The Labute approximate surface area is 140 Å². The Balaban J connectivity index is 1.58. The number of H-pyrrole nitrogens is 1. The summed E-state index contributed by atoms with van der Waals surface area (Å²) in [7, 11) is 0. The maximum Gasteiger partial charge on any atom is 0.220 e. The number of hydrogen-bond donors (Lipinski definition) is 2. The van der Waals surface area contributed by atoms with Crippen LogP contribution in [0.25, 0.3) is 10.9 Å². The highest BCUT2D eigenvalue weighted by Gasteiger charge is 2.11. The smallest absolute Gasteiger partial charge is 0.220 e. The van der Waals surface area contributed by atoms with Crippen molar-refractivity contribution < 1.29 is 4.79 Å². The summed E-state index contributed by atoms with van der Waals surface area (Å²) in [5, 5.41) is 4.92. The molecule has 1 unspecified atom stereocenters. The highest BCUT2D eigenvalue weighted by atomic mass is 35.5. The number of benzene rings is 2. The lowest BCUT2D eigenvalue weighted by atomic mass is 10.1. The van der Waals surface area contributed by atoms with Crippen molar-refractivity contribution in [3.05, 3.63) is 70.9 Å². The number of nitrogens with one attached hydrogen (secondary N) is 2. The fourth-order valence-corrected chi connectivity index (χ4v) is 2.86. The molecule has 0 aliphatic heterocycles. The van der Waals surface area contributed by atoms with Crippen LogP contribution < -0.4 is 5.32 Å². The van der Waals surface area contributed by atoms with Gasteiger partial charge in [0.05, 0.1) is 6.04 Å². The number of aromatic amines is 1. The maximum atomic E-state index is 12.2. The van der Waals surface area contributed by atoms with Gasteiger partial charge in [-0.3, -0.25) is 4.79 Å². The van der Waals surface area contributed by atoms with Crippen LogP contribution in [0.15, 0.2) is 54.7 Å². The van der Waals surface area contributed by atoms with Gasteiger partial charge >= 0.3 is 0 Å². The summed E-state index contributed by atoms with van der Waals surface area (Å²) < 4.78 is 0. The van der Waals surface area contributed by atoms with Gasteiger partial charge in [-0.2, -0.15) is 0 Å². The van der Waals surface area contributed by atoms with Gasteiger partial charge in [-0.05, 0) is 42.7 Å². The van der Waals surface area contributed by atoms with Crippen molar-refractivity contribution >= 4 is 28.4 Å². The number of rotatable bonds is 5. The summed E-state index contributed by atoms with van der Waals surface area (Å²) >= 11 is 5.89. The molecule has 0 aliphatic carbocycles. The summed E-state index contributed by atoms with van der Waals surface area (Å²) in [4.78, 5) is 15.4. The minimum atomic E-state index is -0.0252. The van der Waals surface area contributed by atoms with Crippen LogP contribution in [-0.4, -0.2) is 10.9 Å². The van der Waals surface area contributed by atoms with Crippen LogP contribution in [0.5, 0.6) is 0 Å². The van der Waals surface area contributed by atoms with Crippen molar-refractivity contribution in [3.8, 4) is 0 Å². The van der Waals surface area contributed by atoms with E-state index in [1.807, 2.05) is 55.6 Å². The van der Waals surface area contributed by atoms with Gasteiger partial charge in [0.2, 0.25) is 5.91 Å². The molecule has 4 heteroatoms. The molecule has 1 aromatic heterocycles. The number of hydrogen-bond acceptors (Lipinski definition) is 1. The van der Waals surface area contributed by atoms with E-state index >= 15 is 0 Å². The molecule has 118 valence electrons. The SMILES string of the molecule is CC(NC(=O)CCc1c[nH]c2ccccc12)c1ccc(Cl)cc1. The average molecular weight is 327 g/mol. The van der Waals surface area contributed by atoms with Crippen molar-refractivity contribution in [2.75, 3.05) is 0 Å². The minimum Gasteiger partial charge on any atom is -0.361 e. The first-order valence-electron chi connectivity index (χ1n) is 7.73. The van der Waals surface area contributed by atoms with E-state index in [1.54, 1.807) is 0 Å². The lowest BCUT2D eigenvalue weighted by molar-refractivity contribution is -0.121. The van der Waals surface area contributed by atoms with Crippen molar-refractivity contribution in [2.45, 2.75) is 25.8 Å². The third-order valence-corrected chi connectivity index (χ3v) is 4.30. The van der Waals surface area contributed by atoms with Gasteiger partial charge in [-0.1, -0.05) is 41.9 Å². The number of amides is 1. The van der Waals surface area contributed by atoms with Crippen LogP contribution in [-0.2, 0) is 11.2 Å². The number of aromatic nitrogens is 1. The highest BCUT2D eigenvalue weighted by Crippen LogP contribution is 2.20. The second kappa shape index (κ2) is 6.88. The Morgan fingerprint density at radius 3 is 2.70 bits per heavy atom. The van der Waals surface area contributed by atoms with Crippen LogP contribution in [0.3, 0.4) is 0 Å². The van der Waals surface area contributed by atoms with Gasteiger partial charge in [0.25, 0.3) is 0 Å². The molecule has 3 nitrogen and oxygen atoms in total. The molecule has 23 heavy (non-hydrogen) atoms. The Hall–Kier alpha value is -2.26. The topological polar surface area (TPSA) is 44.9 Å². The number of carbonyl (C=O) groups excluding carboxylic acids is 1. The van der Waals surface area contributed by atoms with Gasteiger partial charge in [-0.25, -0.2) is 0 Å². The molecule has 0 spiro atoms. The number of carbonyl (C=O) groups is 1. The molecule has 0 bridgehead atoms. The summed E-state index contributed by atoms with van der Waals surface area (Å²) in [6.45, 7) is 1.98. The first kappa shape index (κ1) is 15.6. The molecule has 1 amide bonds. The molecule has 0 radical (unpaired) electrons. The van der Waals surface area contributed by atoms with E-state index in [9.17, 15) is 4.79 Å². The molecule has 3 aromatic rings. The standard InChI is InChI=1S/C19H19ClN2O/c1-13(14-6-9-16(20)10-7-14)22-19(23)11-8-15-12-21-18-5-3-2-4-17(15)18/h2-7,9-10,12-13,21H,8,11H2,1H3,(H,22,23). The lowest BCUT2D eigenvalue weighted by Gasteiger charge is -2.14. The zero-order chi connectivity index (χ0) is 16.2. The molecule has 3 rings (SSSR count). The summed E-state index contributed by atoms with van der Waals surface area (Å²) in [5.74, 6) is 0.0535. The molecule has 0 saturated carbocycles. The molecular weight excluding hydrogens is 308 g/mol. The maximum absolute atomic E-state index is 12.2. The monoisotopic (exact) mass is 326 g/mol. The van der Waals surface area contributed by atoms with Crippen molar-refractivity contribution in [1.29, 1.82) is 0 Å². The molecule has 2 N–H and O–H groups in total. The number of halogens is 1. The van der Waals surface area contributed by atoms with E-state index in [0.717, 1.165) is 17.5 Å². The average Bonchev–Trinajstić information content (AvgIpc) is 2.97. The van der Waals surface area contributed by atoms with Gasteiger partial charge in [-0.15, -0.1) is 0 Å². The molecule has 0 fully saturated rings. The van der Waals surface area contributed by atoms with Gasteiger partial charge < -0.3 is 10.3 Å². The fraction of sp³-hybridized carbons (Fsp3) is 0.211. The summed E-state index contributed by atoms with van der Waals surface area (Å²) in [6.07, 6.45) is 3.18. The van der Waals surface area contributed by atoms with Crippen LogP contribution in [0.4, 0.5) is 0 Å². The van der Waals surface area contributed by atoms with Crippen LogP contribution in [0.2, 0.25) is 5.02 Å². The minimum absolute atomic E-state index is 0.0252. The van der Waals surface area contributed by atoms with E-state index < -0.39 is 0 Å². The van der Waals surface area contributed by atoms with E-state index in [0.29, 0.717) is 11.4 Å². The van der Waals surface area contributed by atoms with Crippen LogP contribution in [0, 0.1) is 0 Å². The van der Waals surface area contributed by atoms with Crippen LogP contribution in [0.1, 0.15) is 30.5 Å². The predicted octanol–water partition coefficient (Wildman–Crippen LogP) is 4.63. The molecule has 1 atom stereocenters. The van der Waals surface area contributed by atoms with E-state index in [1.165, 1.54) is 10.9 Å². The third-order valence-electron chi connectivity index (χ3n) is 4.04. The van der Waals surface area contributed by atoms with E-state index in [2.05, 4.69) is 16.4 Å². The third kappa shape index (κ3) is 3.74. The molecule has 0 aliphatic rings. The zero-order valence-corrected chi connectivity index (χ0v) is 13.7. The Kier molecular flexibility index (Phi) is 4.68. The summed E-state index contributed by atoms with van der Waals surface area (Å²) in [5.41, 5.74) is 3.34. The lowest BCUT2D eigenvalue weighted by Crippen LogP contribution is -2.26. The van der Waals surface area contributed by atoms with Gasteiger partial charge in [0.15, 0.2) is 0 Å². The molecule has 0 saturated heterocycles. The first-order valence-corrected chi connectivity index (χ1v) is 8.11. The number of fused-ring (bicyclic) bond motifs is 1. The van der Waals surface area contributed by atoms with Crippen LogP contribution >= 0.6 is 11.6 Å². The zero-order valence-electron chi connectivity index (χ0n) is 13.0. The predicted molar refractivity (Wildman–Crippen MR) is 94.6 cm³/mol. The molecular formula is C19H19ClN2O. The second-order valence-electron chi connectivity index (χ2n) is 5.70. The quantitative estimate of drug-likeness (QED) is 0.705. The normalized spacial score (nSPS) is 12.3. The highest BCUT2D eigenvalue weighted by molar-refractivity contribution is 6.30. The van der Waals surface area contributed by atoms with Gasteiger partial charge in [0.1, 0.15) is 0 Å². The van der Waals surface area contributed by atoms with Crippen molar-refractivity contribution in [1.82, 2.24) is 10.3 Å². The molecule has 2 aromatic carbocycles. The van der Waals surface area contributed by atoms with Crippen molar-refractivity contribution in [3.63, 3.8) is 0 Å². The number of para-hydroxylation sites is 1. The van der Waals surface area contributed by atoms with Gasteiger partial charge in [0, 0.05) is 28.5 Å². The fourth-order valence-electron chi connectivity index (χ4n) is 2.74. The number of aryl methyl sites for hydroxylation is 1. The van der Waals surface area contributed by atoms with E-state index in [-0.39, 0.29) is 11.9 Å². The Morgan fingerprint density at radius 1 is 1.17 bits per heavy atom. The van der Waals surface area contributed by atoms with E-state index in [4.69, 9.17) is 11.6 Å². The Bertz CT molecular complexity index is 808. The molecule has 1 heterocycles. The first-order chi connectivity index (χ1) is 11.1. The Morgan fingerprint density at radius 2 is 1.91 bits per heavy atom.